The molecule has 0 spiro atoms. The molecule has 0 bridgehead atoms. The van der Waals surface area contributed by atoms with Gasteiger partial charge in [-0.3, -0.25) is 0 Å². The first-order chi connectivity index (χ1) is 10.0. The highest BCUT2D eigenvalue weighted by molar-refractivity contribution is 6.30. The van der Waals surface area contributed by atoms with Gasteiger partial charge in [0, 0.05) is 23.2 Å². The van der Waals surface area contributed by atoms with Crippen molar-refractivity contribution in [3.05, 3.63) is 34.2 Å². The fraction of sp³-hybridized carbons (Fsp3) is 0.529. The topological polar surface area (TPSA) is 28.0 Å². The summed E-state index contributed by atoms with van der Waals surface area (Å²) in [7, 11) is 0. The van der Waals surface area contributed by atoms with Crippen LogP contribution in [0.4, 0.5) is 0 Å². The Balaban J connectivity index is 2.58. The zero-order valence-corrected chi connectivity index (χ0v) is 14.3. The number of nitrogens with zero attached hydrogens (tertiary/aromatic N) is 3. The van der Waals surface area contributed by atoms with Crippen LogP contribution < -0.4 is 0 Å². The lowest BCUT2D eigenvalue weighted by Crippen LogP contribution is -2.47. The molecule has 0 aliphatic carbocycles. The Kier molecular flexibility index (Phi) is 5.04. The molecule has 21 heavy (non-hydrogen) atoms. The number of rotatable bonds is 3. The fourth-order valence-corrected chi connectivity index (χ4v) is 2.98. The van der Waals surface area contributed by atoms with Crippen LogP contribution >= 0.6 is 11.6 Å². The van der Waals surface area contributed by atoms with Gasteiger partial charge in [0.25, 0.3) is 0 Å². The van der Waals surface area contributed by atoms with Gasteiger partial charge in [0.15, 0.2) is 0 Å². The summed E-state index contributed by atoms with van der Waals surface area (Å²) in [6.45, 7) is 10.7. The summed E-state index contributed by atoms with van der Waals surface area (Å²) in [5.74, 6) is 2.08. The van der Waals surface area contributed by atoms with Gasteiger partial charge in [-0.15, -0.1) is 0 Å². The number of allylic oxidation sites excluding steroid dienone is 2. The van der Waals surface area contributed by atoms with Gasteiger partial charge >= 0.3 is 0 Å². The van der Waals surface area contributed by atoms with Crippen LogP contribution in [-0.4, -0.2) is 22.6 Å². The molecule has 0 aromatic heterocycles. The molecule has 3 nitrogen and oxygen atoms in total. The van der Waals surface area contributed by atoms with Crippen LogP contribution in [0.5, 0.6) is 0 Å². The summed E-state index contributed by atoms with van der Waals surface area (Å²) in [5.41, 5.74) is 3.41. The number of hydrogen-bond donors (Lipinski definition) is 0. The number of aliphatic imine (C=N–C) groups is 2. The number of halogens is 1. The Hall–Kier alpha value is -1.35. The summed E-state index contributed by atoms with van der Waals surface area (Å²) in [6.07, 6.45) is 6.70. The van der Waals surface area contributed by atoms with E-state index < -0.39 is 0 Å². The molecule has 0 saturated carbocycles. The molecule has 1 atom stereocenters. The zero-order valence-electron chi connectivity index (χ0n) is 13.6. The molecule has 0 amide bonds. The van der Waals surface area contributed by atoms with Gasteiger partial charge in [0.1, 0.15) is 11.7 Å². The van der Waals surface area contributed by atoms with E-state index in [4.69, 9.17) is 16.6 Å². The molecule has 4 heteroatoms. The number of amidine groups is 2. The van der Waals surface area contributed by atoms with Crippen LogP contribution in [0.2, 0.25) is 0 Å². The molecule has 0 fully saturated rings. The largest absolute Gasteiger partial charge is 0.307 e. The van der Waals surface area contributed by atoms with Crippen molar-refractivity contribution in [2.75, 3.05) is 0 Å². The maximum absolute atomic E-state index is 6.53. The first-order valence-electron chi connectivity index (χ1n) is 7.68. The third kappa shape index (κ3) is 2.98. The van der Waals surface area contributed by atoms with Gasteiger partial charge in [-0.1, -0.05) is 31.0 Å². The second kappa shape index (κ2) is 6.61. The summed E-state index contributed by atoms with van der Waals surface area (Å²) < 4.78 is 0. The Morgan fingerprint density at radius 1 is 1.33 bits per heavy atom. The normalized spacial score (nSPS) is 23.6. The van der Waals surface area contributed by atoms with Gasteiger partial charge in [0.05, 0.1) is 11.7 Å². The van der Waals surface area contributed by atoms with Crippen LogP contribution in [0.3, 0.4) is 0 Å². The van der Waals surface area contributed by atoms with Gasteiger partial charge in [-0.25, -0.2) is 9.98 Å². The fourth-order valence-electron chi connectivity index (χ4n) is 2.73. The minimum absolute atomic E-state index is 0.171. The predicted octanol–water partition coefficient (Wildman–Crippen LogP) is 5.01. The van der Waals surface area contributed by atoms with E-state index >= 15 is 0 Å². The van der Waals surface area contributed by atoms with Crippen molar-refractivity contribution in [1.29, 1.82) is 0 Å². The van der Waals surface area contributed by atoms with E-state index in [0.29, 0.717) is 0 Å². The Labute approximate surface area is 132 Å². The molecule has 0 aromatic carbocycles. The van der Waals surface area contributed by atoms with Crippen LogP contribution in [0, 0.1) is 0 Å². The third-order valence-electron chi connectivity index (χ3n) is 3.81. The van der Waals surface area contributed by atoms with Crippen molar-refractivity contribution in [1.82, 2.24) is 4.90 Å². The molecule has 2 aliphatic rings. The van der Waals surface area contributed by atoms with Crippen molar-refractivity contribution >= 4 is 23.3 Å². The monoisotopic (exact) mass is 305 g/mol. The highest BCUT2D eigenvalue weighted by Crippen LogP contribution is 2.35. The lowest BCUT2D eigenvalue weighted by Gasteiger charge is -2.39. The minimum Gasteiger partial charge on any atom is -0.307 e. The average Bonchev–Trinajstić information content (AvgIpc) is 2.39. The highest BCUT2D eigenvalue weighted by Gasteiger charge is 2.33. The van der Waals surface area contributed by atoms with Crippen LogP contribution in [0.1, 0.15) is 53.9 Å². The van der Waals surface area contributed by atoms with Gasteiger partial charge < -0.3 is 4.90 Å². The van der Waals surface area contributed by atoms with Crippen LogP contribution in [0.25, 0.3) is 0 Å². The highest BCUT2D eigenvalue weighted by atomic mass is 35.5. The van der Waals surface area contributed by atoms with E-state index in [2.05, 4.69) is 44.5 Å². The molecule has 2 aliphatic heterocycles. The van der Waals surface area contributed by atoms with Gasteiger partial charge in [-0.2, -0.15) is 0 Å². The van der Waals surface area contributed by atoms with E-state index in [0.717, 1.165) is 47.2 Å². The van der Waals surface area contributed by atoms with Crippen molar-refractivity contribution < 1.29 is 0 Å². The van der Waals surface area contributed by atoms with Crippen molar-refractivity contribution in [2.45, 2.75) is 59.9 Å². The van der Waals surface area contributed by atoms with E-state index in [1.165, 1.54) is 5.57 Å². The Morgan fingerprint density at radius 2 is 2.00 bits per heavy atom. The van der Waals surface area contributed by atoms with Gasteiger partial charge in [0.2, 0.25) is 0 Å². The lowest BCUT2D eigenvalue weighted by molar-refractivity contribution is 0.493. The standard InChI is InChI=1S/C17H24ClN3/c1-6-8-15-20-17(11(3)4)16(13(18)7-2)12(5)21(15)14-9-10-19-14/h9-10,12H,6-8H2,1-5H3/b16-13+. The first kappa shape index (κ1) is 16.0. The second-order valence-corrected chi connectivity index (χ2v) is 6.10. The second-order valence-electron chi connectivity index (χ2n) is 5.65. The molecule has 2 rings (SSSR count). The quantitative estimate of drug-likeness (QED) is 0.720. The predicted molar refractivity (Wildman–Crippen MR) is 91.8 cm³/mol. The smallest absolute Gasteiger partial charge is 0.135 e. The van der Waals surface area contributed by atoms with E-state index in [1.807, 2.05) is 12.3 Å². The van der Waals surface area contributed by atoms with Gasteiger partial charge in [-0.05, 0) is 39.7 Å². The molecule has 0 saturated heterocycles. The van der Waals surface area contributed by atoms with E-state index in [9.17, 15) is 0 Å². The van der Waals surface area contributed by atoms with E-state index in [1.54, 1.807) is 0 Å². The minimum atomic E-state index is 0.171. The summed E-state index contributed by atoms with van der Waals surface area (Å²) in [4.78, 5) is 11.5. The van der Waals surface area contributed by atoms with E-state index in [-0.39, 0.29) is 6.04 Å². The molecule has 0 radical (unpaired) electrons. The molecule has 1 unspecified atom stereocenters. The van der Waals surface area contributed by atoms with Crippen molar-refractivity contribution in [2.24, 2.45) is 9.98 Å². The molecule has 114 valence electrons. The van der Waals surface area contributed by atoms with Crippen molar-refractivity contribution in [3.63, 3.8) is 0 Å². The molecule has 2 heterocycles. The Bertz CT molecular complexity index is 575. The maximum atomic E-state index is 6.53. The summed E-state index contributed by atoms with van der Waals surface area (Å²) >= 11 is 6.53. The Morgan fingerprint density at radius 3 is 2.43 bits per heavy atom. The molecular formula is C17H24ClN3. The molecule has 0 aromatic rings. The lowest BCUT2D eigenvalue weighted by atomic mass is 9.95. The summed E-state index contributed by atoms with van der Waals surface area (Å²) in [5, 5.41) is 0.895. The number of hydrogen-bond acceptors (Lipinski definition) is 3. The average molecular weight is 306 g/mol. The molecular weight excluding hydrogens is 282 g/mol. The first-order valence-corrected chi connectivity index (χ1v) is 8.06. The van der Waals surface area contributed by atoms with Crippen LogP contribution in [0.15, 0.2) is 44.1 Å². The SMILES string of the molecule is CCCC1=NC(=C(C)C)/C(=C(/Cl)CC)C(C)N1C1=NC=C1. The van der Waals surface area contributed by atoms with Crippen LogP contribution in [-0.2, 0) is 0 Å². The summed E-state index contributed by atoms with van der Waals surface area (Å²) in [6, 6.07) is 0.171. The third-order valence-corrected chi connectivity index (χ3v) is 4.28. The van der Waals surface area contributed by atoms with Crippen molar-refractivity contribution in [3.8, 4) is 0 Å². The zero-order chi connectivity index (χ0) is 15.6. The molecule has 0 N–H and O–H groups in total. The maximum Gasteiger partial charge on any atom is 0.135 e.